The average molecular weight is 392 g/mol. The highest BCUT2D eigenvalue weighted by Crippen LogP contribution is 2.30. The van der Waals surface area contributed by atoms with Crippen LogP contribution >= 0.6 is 11.8 Å². The van der Waals surface area contributed by atoms with Gasteiger partial charge in [-0.25, -0.2) is 0 Å². The van der Waals surface area contributed by atoms with Crippen molar-refractivity contribution in [3.63, 3.8) is 0 Å². The maximum absolute atomic E-state index is 12.7. The zero-order chi connectivity index (χ0) is 19.3. The molecule has 3 rings (SSSR count). The summed E-state index contributed by atoms with van der Waals surface area (Å²) in [6, 6.07) is 7.91. The van der Waals surface area contributed by atoms with Crippen LogP contribution in [0.15, 0.2) is 29.2 Å². The first-order chi connectivity index (χ1) is 13.1. The van der Waals surface area contributed by atoms with Crippen molar-refractivity contribution in [3.8, 4) is 0 Å². The second-order valence-corrected chi connectivity index (χ2v) is 8.38. The molecule has 0 radical (unpaired) electrons. The van der Waals surface area contributed by atoms with E-state index in [4.69, 9.17) is 4.74 Å². The predicted molar refractivity (Wildman–Crippen MR) is 108 cm³/mol. The summed E-state index contributed by atoms with van der Waals surface area (Å²) in [5.74, 6) is -0.305. The molecule has 2 aliphatic heterocycles. The molecule has 1 atom stereocenters. The minimum atomic E-state index is -0.293. The van der Waals surface area contributed by atoms with Crippen molar-refractivity contribution < 1.29 is 14.3 Å². The standard InChI is InChI=1S/C20H29N3O3S/c1-26-14-20(7-9-21-10-8-20)13-22-19(25)15-11-18(24)23(12-15)16-3-5-17(27-2)6-4-16/h3-6,15,21H,7-14H2,1-2H3,(H,22,25). The van der Waals surface area contributed by atoms with E-state index in [1.807, 2.05) is 30.5 Å². The minimum absolute atomic E-state index is 0.00832. The third kappa shape index (κ3) is 4.83. The fourth-order valence-corrected chi connectivity index (χ4v) is 4.36. The third-order valence-electron chi connectivity index (χ3n) is 5.63. The predicted octanol–water partition coefficient (Wildman–Crippen LogP) is 1.89. The molecule has 1 aromatic carbocycles. The Hall–Kier alpha value is -1.57. The lowest BCUT2D eigenvalue weighted by Gasteiger charge is -2.37. The molecule has 2 heterocycles. The molecule has 27 heavy (non-hydrogen) atoms. The molecule has 7 heteroatoms. The molecule has 1 unspecified atom stereocenters. The van der Waals surface area contributed by atoms with Gasteiger partial charge in [0.2, 0.25) is 11.8 Å². The Morgan fingerprint density at radius 3 is 2.67 bits per heavy atom. The van der Waals surface area contributed by atoms with Crippen LogP contribution in [0.1, 0.15) is 19.3 Å². The zero-order valence-corrected chi connectivity index (χ0v) is 16.9. The molecule has 2 aliphatic rings. The third-order valence-corrected chi connectivity index (χ3v) is 6.38. The number of nitrogens with zero attached hydrogens (tertiary/aromatic N) is 1. The molecule has 0 spiro atoms. The Kier molecular flexibility index (Phi) is 6.78. The van der Waals surface area contributed by atoms with Crippen LogP contribution in [0.5, 0.6) is 0 Å². The number of methoxy groups -OCH3 is 1. The lowest BCUT2D eigenvalue weighted by molar-refractivity contribution is -0.127. The number of anilines is 1. The van der Waals surface area contributed by atoms with Crippen LogP contribution in [0, 0.1) is 11.3 Å². The molecule has 0 aliphatic carbocycles. The highest BCUT2D eigenvalue weighted by molar-refractivity contribution is 7.98. The van der Waals surface area contributed by atoms with E-state index in [0.29, 0.717) is 19.7 Å². The molecular weight excluding hydrogens is 362 g/mol. The van der Waals surface area contributed by atoms with E-state index in [2.05, 4.69) is 10.6 Å². The van der Waals surface area contributed by atoms with Crippen LogP contribution in [0.4, 0.5) is 5.69 Å². The van der Waals surface area contributed by atoms with Crippen LogP contribution in [-0.2, 0) is 14.3 Å². The summed E-state index contributed by atoms with van der Waals surface area (Å²) in [5, 5.41) is 6.46. The lowest BCUT2D eigenvalue weighted by Crippen LogP contribution is -2.48. The smallest absolute Gasteiger partial charge is 0.227 e. The number of thioether (sulfide) groups is 1. The highest BCUT2D eigenvalue weighted by atomic mass is 32.2. The molecule has 2 fully saturated rings. The summed E-state index contributed by atoms with van der Waals surface area (Å²) in [6.45, 7) is 3.59. The topological polar surface area (TPSA) is 70.7 Å². The van der Waals surface area contributed by atoms with Gasteiger partial charge < -0.3 is 20.3 Å². The van der Waals surface area contributed by atoms with E-state index in [1.165, 1.54) is 0 Å². The monoisotopic (exact) mass is 391 g/mol. The average Bonchev–Trinajstić information content (AvgIpc) is 3.09. The van der Waals surface area contributed by atoms with Crippen molar-refractivity contribution >= 4 is 29.3 Å². The quantitative estimate of drug-likeness (QED) is 0.695. The van der Waals surface area contributed by atoms with Gasteiger partial charge in [0.15, 0.2) is 0 Å². The molecule has 148 valence electrons. The lowest BCUT2D eigenvalue weighted by atomic mass is 9.79. The van der Waals surface area contributed by atoms with E-state index in [9.17, 15) is 9.59 Å². The summed E-state index contributed by atoms with van der Waals surface area (Å²) in [7, 11) is 1.71. The minimum Gasteiger partial charge on any atom is -0.384 e. The first-order valence-electron chi connectivity index (χ1n) is 9.49. The van der Waals surface area contributed by atoms with Gasteiger partial charge in [-0.2, -0.15) is 0 Å². The molecule has 2 saturated heterocycles. The maximum atomic E-state index is 12.7. The van der Waals surface area contributed by atoms with Crippen molar-refractivity contribution in [1.82, 2.24) is 10.6 Å². The van der Waals surface area contributed by atoms with Gasteiger partial charge in [0.1, 0.15) is 0 Å². The Morgan fingerprint density at radius 2 is 2.04 bits per heavy atom. The molecule has 0 bridgehead atoms. The summed E-state index contributed by atoms with van der Waals surface area (Å²) >= 11 is 1.67. The molecule has 2 N–H and O–H groups in total. The second-order valence-electron chi connectivity index (χ2n) is 7.50. The molecule has 0 aromatic heterocycles. The SMILES string of the molecule is COCC1(CNC(=O)C2CC(=O)N(c3ccc(SC)cc3)C2)CCNCC1. The van der Waals surface area contributed by atoms with Gasteiger partial charge >= 0.3 is 0 Å². The Labute approximate surface area is 165 Å². The van der Waals surface area contributed by atoms with E-state index in [-0.39, 0.29) is 29.6 Å². The number of ether oxygens (including phenoxy) is 1. The fraction of sp³-hybridized carbons (Fsp3) is 0.600. The number of benzene rings is 1. The number of rotatable bonds is 7. The van der Waals surface area contributed by atoms with Gasteiger partial charge in [0.05, 0.1) is 12.5 Å². The summed E-state index contributed by atoms with van der Waals surface area (Å²) in [6.07, 6.45) is 4.27. The van der Waals surface area contributed by atoms with Crippen LogP contribution in [0.3, 0.4) is 0 Å². The summed E-state index contributed by atoms with van der Waals surface area (Å²) < 4.78 is 5.41. The normalized spacial score (nSPS) is 22.1. The van der Waals surface area contributed by atoms with E-state index >= 15 is 0 Å². The Morgan fingerprint density at radius 1 is 1.33 bits per heavy atom. The largest absolute Gasteiger partial charge is 0.384 e. The molecular formula is C20H29N3O3S. The first-order valence-corrected chi connectivity index (χ1v) is 10.7. The number of amides is 2. The van der Waals surface area contributed by atoms with Gasteiger partial charge in [-0.1, -0.05) is 0 Å². The molecule has 1 aromatic rings. The second kappa shape index (κ2) is 9.08. The van der Waals surface area contributed by atoms with Gasteiger partial charge in [-0.15, -0.1) is 11.8 Å². The van der Waals surface area contributed by atoms with Crippen molar-refractivity contribution in [3.05, 3.63) is 24.3 Å². The highest BCUT2D eigenvalue weighted by Gasteiger charge is 2.37. The van der Waals surface area contributed by atoms with E-state index in [1.54, 1.807) is 23.8 Å². The van der Waals surface area contributed by atoms with Gasteiger partial charge in [-0.3, -0.25) is 9.59 Å². The number of piperidine rings is 1. The van der Waals surface area contributed by atoms with Crippen LogP contribution in [0.25, 0.3) is 0 Å². The molecule has 0 saturated carbocycles. The van der Waals surface area contributed by atoms with Crippen molar-refractivity contribution in [2.45, 2.75) is 24.2 Å². The molecule has 2 amide bonds. The van der Waals surface area contributed by atoms with Crippen molar-refractivity contribution in [2.24, 2.45) is 11.3 Å². The fourth-order valence-electron chi connectivity index (χ4n) is 3.95. The van der Waals surface area contributed by atoms with Crippen molar-refractivity contribution in [2.75, 3.05) is 51.1 Å². The van der Waals surface area contributed by atoms with E-state index < -0.39 is 0 Å². The Balaban J connectivity index is 1.58. The number of nitrogens with one attached hydrogen (secondary N) is 2. The maximum Gasteiger partial charge on any atom is 0.227 e. The first kappa shape index (κ1) is 20.2. The van der Waals surface area contributed by atoms with Gasteiger partial charge in [0, 0.05) is 42.6 Å². The van der Waals surface area contributed by atoms with Gasteiger partial charge in [0.25, 0.3) is 0 Å². The van der Waals surface area contributed by atoms with Crippen LogP contribution in [-0.4, -0.2) is 58.0 Å². The van der Waals surface area contributed by atoms with Crippen molar-refractivity contribution in [1.29, 1.82) is 0 Å². The van der Waals surface area contributed by atoms with Crippen LogP contribution < -0.4 is 15.5 Å². The molecule has 6 nitrogen and oxygen atoms in total. The van der Waals surface area contributed by atoms with Crippen LogP contribution in [0.2, 0.25) is 0 Å². The number of carbonyl (C=O) groups is 2. The Bertz CT molecular complexity index is 653. The van der Waals surface area contributed by atoms with E-state index in [0.717, 1.165) is 36.5 Å². The summed E-state index contributed by atoms with van der Waals surface area (Å²) in [5.41, 5.74) is 0.855. The zero-order valence-electron chi connectivity index (χ0n) is 16.1. The van der Waals surface area contributed by atoms with Gasteiger partial charge in [-0.05, 0) is 56.5 Å². The number of hydrogen-bond acceptors (Lipinski definition) is 5. The number of hydrogen-bond donors (Lipinski definition) is 2. The summed E-state index contributed by atoms with van der Waals surface area (Å²) in [4.78, 5) is 28.0. The number of carbonyl (C=O) groups excluding carboxylic acids is 2.